The second-order valence-corrected chi connectivity index (χ2v) is 6.15. The van der Waals surface area contributed by atoms with Gasteiger partial charge in [0.25, 0.3) is 0 Å². The Morgan fingerprint density at radius 1 is 1.47 bits per heavy atom. The third kappa shape index (κ3) is 6.94. The predicted molar refractivity (Wildman–Crippen MR) is 73.4 cm³/mol. The van der Waals surface area contributed by atoms with E-state index in [9.17, 15) is 4.79 Å². The lowest BCUT2D eigenvalue weighted by molar-refractivity contribution is -0.145. The van der Waals surface area contributed by atoms with Crippen LogP contribution in [0.25, 0.3) is 0 Å². The van der Waals surface area contributed by atoms with Crippen molar-refractivity contribution in [3.05, 3.63) is 0 Å². The van der Waals surface area contributed by atoms with Crippen LogP contribution < -0.4 is 5.32 Å². The first-order chi connectivity index (χ1) is 8.13. The number of esters is 1. The first kappa shape index (κ1) is 14.8. The van der Waals surface area contributed by atoms with Gasteiger partial charge in [-0.25, -0.2) is 0 Å². The summed E-state index contributed by atoms with van der Waals surface area (Å²) < 4.78 is 5.10. The average molecular weight is 259 g/mol. The summed E-state index contributed by atoms with van der Waals surface area (Å²) in [6.07, 6.45) is 3.61. The Morgan fingerprint density at radius 3 is 2.71 bits per heavy atom. The molecule has 3 nitrogen and oxygen atoms in total. The van der Waals surface area contributed by atoms with Crippen LogP contribution in [0.5, 0.6) is 0 Å². The van der Waals surface area contributed by atoms with E-state index >= 15 is 0 Å². The Morgan fingerprint density at radius 2 is 2.18 bits per heavy atom. The van der Waals surface area contributed by atoms with Crippen LogP contribution >= 0.6 is 11.8 Å². The highest BCUT2D eigenvalue weighted by atomic mass is 32.2. The molecule has 0 aromatic rings. The first-order valence-electron chi connectivity index (χ1n) is 6.64. The van der Waals surface area contributed by atoms with Gasteiger partial charge in [-0.05, 0) is 37.9 Å². The molecular formula is C13H25NO2S. The van der Waals surface area contributed by atoms with Gasteiger partial charge in [-0.2, -0.15) is 11.8 Å². The van der Waals surface area contributed by atoms with Crippen molar-refractivity contribution in [2.75, 3.05) is 18.1 Å². The molecule has 0 saturated heterocycles. The van der Waals surface area contributed by atoms with Crippen molar-refractivity contribution in [2.24, 2.45) is 5.92 Å². The van der Waals surface area contributed by atoms with E-state index in [1.165, 1.54) is 19.3 Å². The molecule has 0 heterocycles. The molecule has 1 atom stereocenters. The van der Waals surface area contributed by atoms with Crippen LogP contribution in [0, 0.1) is 5.92 Å². The molecule has 0 spiro atoms. The summed E-state index contributed by atoms with van der Waals surface area (Å²) in [6, 6.07) is 0.440. The number of nitrogens with one attached hydrogen (secondary N) is 1. The summed E-state index contributed by atoms with van der Waals surface area (Å²) in [5.74, 6) is 2.61. The van der Waals surface area contributed by atoms with Gasteiger partial charge in [0.15, 0.2) is 0 Å². The molecule has 0 radical (unpaired) electrons. The number of ether oxygens (including phenoxy) is 1. The van der Waals surface area contributed by atoms with Crippen molar-refractivity contribution in [1.82, 2.24) is 5.32 Å². The summed E-state index contributed by atoms with van der Waals surface area (Å²) >= 11 is 1.85. The standard InChI is InChI=1S/C13H25NO2S/c1-4-16-13(15)12(14-11-5-6-11)9-17-8-7-10(2)3/h10-12,14H,4-9H2,1-3H3. The lowest BCUT2D eigenvalue weighted by Crippen LogP contribution is -2.41. The Kier molecular flexibility index (Phi) is 6.97. The molecule has 0 amide bonds. The quantitative estimate of drug-likeness (QED) is 0.510. The lowest BCUT2D eigenvalue weighted by atomic mass is 10.2. The monoisotopic (exact) mass is 259 g/mol. The second kappa shape index (κ2) is 7.98. The smallest absolute Gasteiger partial charge is 0.323 e. The predicted octanol–water partition coefficient (Wildman–Crippen LogP) is 2.45. The Balaban J connectivity index is 2.21. The average Bonchev–Trinajstić information content (AvgIpc) is 3.06. The van der Waals surface area contributed by atoms with E-state index in [1.54, 1.807) is 0 Å². The first-order valence-corrected chi connectivity index (χ1v) is 7.79. The van der Waals surface area contributed by atoms with Gasteiger partial charge in [0.05, 0.1) is 6.61 Å². The molecule has 4 heteroatoms. The van der Waals surface area contributed by atoms with Crippen LogP contribution in [0.2, 0.25) is 0 Å². The van der Waals surface area contributed by atoms with Crippen LogP contribution in [0.15, 0.2) is 0 Å². The number of thioether (sulfide) groups is 1. The highest BCUT2D eigenvalue weighted by Gasteiger charge is 2.28. The van der Waals surface area contributed by atoms with Gasteiger partial charge in [-0.3, -0.25) is 4.79 Å². The normalized spacial score (nSPS) is 17.2. The maximum absolute atomic E-state index is 11.7. The zero-order chi connectivity index (χ0) is 12.7. The Hall–Kier alpha value is -0.220. The van der Waals surface area contributed by atoms with E-state index in [2.05, 4.69) is 19.2 Å². The minimum atomic E-state index is -0.111. The van der Waals surface area contributed by atoms with Gasteiger partial charge in [0.2, 0.25) is 0 Å². The van der Waals surface area contributed by atoms with Crippen molar-refractivity contribution >= 4 is 17.7 Å². The highest BCUT2D eigenvalue weighted by molar-refractivity contribution is 7.99. The Bertz CT molecular complexity index is 229. The molecule has 0 aromatic heterocycles. The van der Waals surface area contributed by atoms with E-state index < -0.39 is 0 Å². The van der Waals surface area contributed by atoms with E-state index in [1.807, 2.05) is 18.7 Å². The van der Waals surface area contributed by atoms with Crippen molar-refractivity contribution in [3.63, 3.8) is 0 Å². The zero-order valence-corrected chi connectivity index (χ0v) is 12.0. The van der Waals surface area contributed by atoms with E-state index in [4.69, 9.17) is 4.74 Å². The van der Waals surface area contributed by atoms with Gasteiger partial charge < -0.3 is 10.1 Å². The van der Waals surface area contributed by atoms with Crippen molar-refractivity contribution in [3.8, 4) is 0 Å². The van der Waals surface area contributed by atoms with Crippen LogP contribution in [0.1, 0.15) is 40.0 Å². The summed E-state index contributed by atoms with van der Waals surface area (Å²) in [5.41, 5.74) is 0. The van der Waals surface area contributed by atoms with Crippen molar-refractivity contribution in [1.29, 1.82) is 0 Å². The molecule has 1 saturated carbocycles. The molecule has 1 unspecified atom stereocenters. The lowest BCUT2D eigenvalue weighted by Gasteiger charge is -2.16. The molecule has 0 bridgehead atoms. The number of hydrogen-bond donors (Lipinski definition) is 1. The highest BCUT2D eigenvalue weighted by Crippen LogP contribution is 2.21. The van der Waals surface area contributed by atoms with Gasteiger partial charge in [-0.15, -0.1) is 0 Å². The summed E-state index contributed by atoms with van der Waals surface area (Å²) in [7, 11) is 0. The molecular weight excluding hydrogens is 234 g/mol. The maximum atomic E-state index is 11.7. The molecule has 0 aliphatic heterocycles. The van der Waals surface area contributed by atoms with Crippen LogP contribution in [-0.2, 0) is 9.53 Å². The molecule has 100 valence electrons. The summed E-state index contributed by atoms with van der Waals surface area (Å²) in [4.78, 5) is 11.7. The third-order valence-corrected chi connectivity index (χ3v) is 3.80. The SMILES string of the molecule is CCOC(=O)C(CSCCC(C)C)NC1CC1. The van der Waals surface area contributed by atoms with Crippen LogP contribution in [0.4, 0.5) is 0 Å². The van der Waals surface area contributed by atoms with Crippen LogP contribution in [0.3, 0.4) is 0 Å². The van der Waals surface area contributed by atoms with Gasteiger partial charge in [0.1, 0.15) is 6.04 Å². The van der Waals surface area contributed by atoms with Crippen molar-refractivity contribution in [2.45, 2.75) is 52.1 Å². The zero-order valence-electron chi connectivity index (χ0n) is 11.2. The Labute approximate surface area is 109 Å². The van der Waals surface area contributed by atoms with Gasteiger partial charge in [0, 0.05) is 11.8 Å². The summed E-state index contributed by atoms with van der Waals surface area (Å²) in [5, 5.41) is 3.37. The molecule has 1 rings (SSSR count). The van der Waals surface area contributed by atoms with Gasteiger partial charge >= 0.3 is 5.97 Å². The number of rotatable bonds is 9. The topological polar surface area (TPSA) is 38.3 Å². The molecule has 1 aliphatic rings. The minimum Gasteiger partial charge on any atom is -0.465 e. The van der Waals surface area contributed by atoms with E-state index in [-0.39, 0.29) is 12.0 Å². The molecule has 1 aliphatic carbocycles. The number of carbonyl (C=O) groups excluding carboxylic acids is 1. The largest absolute Gasteiger partial charge is 0.465 e. The maximum Gasteiger partial charge on any atom is 0.323 e. The number of carbonyl (C=O) groups is 1. The number of hydrogen-bond acceptors (Lipinski definition) is 4. The van der Waals surface area contributed by atoms with Crippen molar-refractivity contribution < 1.29 is 9.53 Å². The van der Waals surface area contributed by atoms with E-state index in [0.717, 1.165) is 17.4 Å². The fraction of sp³-hybridized carbons (Fsp3) is 0.923. The fourth-order valence-corrected chi connectivity index (χ4v) is 2.75. The molecule has 17 heavy (non-hydrogen) atoms. The van der Waals surface area contributed by atoms with Gasteiger partial charge in [-0.1, -0.05) is 13.8 Å². The van der Waals surface area contributed by atoms with E-state index in [0.29, 0.717) is 12.6 Å². The summed E-state index contributed by atoms with van der Waals surface area (Å²) in [6.45, 7) is 6.79. The second-order valence-electron chi connectivity index (χ2n) is 5.00. The fourth-order valence-electron chi connectivity index (χ4n) is 1.48. The third-order valence-electron chi connectivity index (χ3n) is 2.71. The van der Waals surface area contributed by atoms with Crippen LogP contribution in [-0.4, -0.2) is 36.2 Å². The molecule has 1 N–H and O–H groups in total. The molecule has 0 aromatic carbocycles. The minimum absolute atomic E-state index is 0.0866. The molecule has 1 fully saturated rings.